The average Bonchev–Trinajstić information content (AvgIpc) is 2.39. The first-order chi connectivity index (χ1) is 8.77. The highest BCUT2D eigenvalue weighted by Gasteiger charge is 2.33. The lowest BCUT2D eigenvalue weighted by Gasteiger charge is -2.36. The minimum Gasteiger partial charge on any atom is -0.293 e. The Morgan fingerprint density at radius 1 is 1.06 bits per heavy atom. The minimum absolute atomic E-state index is 0.196. The molecule has 0 aromatic heterocycles. The largest absolute Gasteiger partial charge is 0.293 e. The molecule has 18 heavy (non-hydrogen) atoms. The van der Waals surface area contributed by atoms with Crippen molar-refractivity contribution in [2.75, 3.05) is 13.1 Å². The van der Waals surface area contributed by atoms with Gasteiger partial charge in [0.2, 0.25) is 0 Å². The van der Waals surface area contributed by atoms with Crippen LogP contribution in [0.4, 0.5) is 0 Å². The van der Waals surface area contributed by atoms with Gasteiger partial charge < -0.3 is 0 Å². The molecular formula is C16H27NO. The number of hydrogen-bond acceptors (Lipinski definition) is 2. The molecule has 0 saturated heterocycles. The van der Waals surface area contributed by atoms with Crippen molar-refractivity contribution in [3.63, 3.8) is 0 Å². The summed E-state index contributed by atoms with van der Waals surface area (Å²) < 4.78 is 0. The zero-order valence-electron chi connectivity index (χ0n) is 12.0. The van der Waals surface area contributed by atoms with Crippen LogP contribution in [0, 0.1) is 0 Å². The maximum Gasteiger partial charge on any atom is 0.175 e. The Kier molecular flexibility index (Phi) is 4.99. The van der Waals surface area contributed by atoms with Crippen LogP contribution in [0.15, 0.2) is 11.1 Å². The van der Waals surface area contributed by atoms with Gasteiger partial charge in [0.25, 0.3) is 0 Å². The lowest BCUT2D eigenvalue weighted by molar-refractivity contribution is -0.121. The number of allylic oxidation sites excluding steroid dienone is 1. The zero-order chi connectivity index (χ0) is 13.0. The van der Waals surface area contributed by atoms with Crippen LogP contribution < -0.4 is 0 Å². The number of Topliss-reactive ketones (excluding diaryl/α,β-unsaturated/α-hetero) is 1. The van der Waals surface area contributed by atoms with E-state index in [4.69, 9.17) is 0 Å². The lowest BCUT2D eigenvalue weighted by Crippen LogP contribution is -2.45. The van der Waals surface area contributed by atoms with Gasteiger partial charge in [0.1, 0.15) is 0 Å². The summed E-state index contributed by atoms with van der Waals surface area (Å²) in [5.74, 6) is 0.470. The lowest BCUT2D eigenvalue weighted by atomic mass is 9.79. The van der Waals surface area contributed by atoms with Gasteiger partial charge in [-0.3, -0.25) is 9.69 Å². The van der Waals surface area contributed by atoms with Gasteiger partial charge in [-0.2, -0.15) is 0 Å². The fourth-order valence-corrected chi connectivity index (χ4v) is 3.53. The number of carbonyl (C=O) groups excluding carboxylic acids is 1. The summed E-state index contributed by atoms with van der Waals surface area (Å²) in [5, 5.41) is 0. The number of ketones is 1. The van der Waals surface area contributed by atoms with Crippen LogP contribution in [0.25, 0.3) is 0 Å². The molecule has 1 unspecified atom stereocenters. The molecule has 2 aliphatic rings. The molecule has 0 heterocycles. The van der Waals surface area contributed by atoms with Crippen molar-refractivity contribution >= 4 is 5.78 Å². The van der Waals surface area contributed by atoms with Gasteiger partial charge in [-0.1, -0.05) is 19.4 Å². The maximum atomic E-state index is 12.7. The van der Waals surface area contributed by atoms with Crippen molar-refractivity contribution in [2.45, 2.75) is 71.3 Å². The predicted octanol–water partition coefficient (Wildman–Crippen LogP) is 3.71. The summed E-state index contributed by atoms with van der Waals surface area (Å²) in [6.07, 6.45) is 9.30. The maximum absolute atomic E-state index is 12.7. The predicted molar refractivity (Wildman–Crippen MR) is 75.7 cm³/mol. The average molecular weight is 249 g/mol. The Labute approximate surface area is 111 Å². The molecule has 0 saturated carbocycles. The van der Waals surface area contributed by atoms with E-state index in [2.05, 4.69) is 18.7 Å². The van der Waals surface area contributed by atoms with Crippen molar-refractivity contribution in [1.29, 1.82) is 0 Å². The Hall–Kier alpha value is -0.630. The fourth-order valence-electron chi connectivity index (χ4n) is 3.53. The van der Waals surface area contributed by atoms with Crippen LogP contribution in [0.2, 0.25) is 0 Å². The molecular weight excluding hydrogens is 222 g/mol. The molecule has 2 aliphatic carbocycles. The molecule has 0 aliphatic heterocycles. The third kappa shape index (κ3) is 2.85. The van der Waals surface area contributed by atoms with Crippen molar-refractivity contribution in [3.05, 3.63) is 11.1 Å². The van der Waals surface area contributed by atoms with Crippen LogP contribution in [0.3, 0.4) is 0 Å². The Balaban J connectivity index is 2.10. The van der Waals surface area contributed by atoms with E-state index in [0.717, 1.165) is 38.8 Å². The zero-order valence-corrected chi connectivity index (χ0v) is 12.0. The SMILES string of the molecule is CCCN(CCC)C1CCC2=C(CCCC2)C1=O. The molecule has 0 N–H and O–H groups in total. The highest BCUT2D eigenvalue weighted by Crippen LogP contribution is 2.35. The molecule has 0 amide bonds. The van der Waals surface area contributed by atoms with Crippen LogP contribution in [0.5, 0.6) is 0 Å². The molecule has 0 aromatic rings. The monoisotopic (exact) mass is 249 g/mol. The standard InChI is InChI=1S/C16H27NO/c1-3-11-17(12-4-2)15-10-9-13-7-5-6-8-14(13)16(15)18/h15H,3-12H2,1-2H3. The summed E-state index contributed by atoms with van der Waals surface area (Å²) in [4.78, 5) is 15.1. The molecule has 1 atom stereocenters. The van der Waals surface area contributed by atoms with Gasteiger partial charge >= 0.3 is 0 Å². The first kappa shape index (κ1) is 13.8. The number of nitrogens with zero attached hydrogens (tertiary/aromatic N) is 1. The molecule has 102 valence electrons. The smallest absolute Gasteiger partial charge is 0.175 e. The van der Waals surface area contributed by atoms with Gasteiger partial charge in [-0.25, -0.2) is 0 Å². The first-order valence-corrected chi connectivity index (χ1v) is 7.77. The van der Waals surface area contributed by atoms with E-state index < -0.39 is 0 Å². The molecule has 2 heteroatoms. The van der Waals surface area contributed by atoms with Crippen molar-refractivity contribution < 1.29 is 4.79 Å². The second-order valence-electron chi connectivity index (χ2n) is 5.74. The van der Waals surface area contributed by atoms with Gasteiger partial charge in [0, 0.05) is 0 Å². The van der Waals surface area contributed by atoms with Crippen molar-refractivity contribution in [2.24, 2.45) is 0 Å². The number of rotatable bonds is 5. The second kappa shape index (κ2) is 6.51. The summed E-state index contributed by atoms with van der Waals surface area (Å²) >= 11 is 0. The number of hydrogen-bond donors (Lipinski definition) is 0. The molecule has 0 fully saturated rings. The van der Waals surface area contributed by atoms with Crippen molar-refractivity contribution in [1.82, 2.24) is 4.90 Å². The number of carbonyl (C=O) groups is 1. The molecule has 0 spiro atoms. The second-order valence-corrected chi connectivity index (χ2v) is 5.74. The molecule has 0 aromatic carbocycles. The summed E-state index contributed by atoms with van der Waals surface area (Å²) in [5.41, 5.74) is 2.71. The van der Waals surface area contributed by atoms with E-state index in [1.165, 1.54) is 36.8 Å². The Bertz CT molecular complexity index is 326. The van der Waals surface area contributed by atoms with E-state index in [1.807, 2.05) is 0 Å². The summed E-state index contributed by atoms with van der Waals surface area (Å²) in [7, 11) is 0. The van der Waals surface area contributed by atoms with Crippen LogP contribution >= 0.6 is 0 Å². The Morgan fingerprint density at radius 2 is 1.72 bits per heavy atom. The van der Waals surface area contributed by atoms with Gasteiger partial charge in [-0.15, -0.1) is 0 Å². The fraction of sp³-hybridized carbons (Fsp3) is 0.812. The highest BCUT2D eigenvalue weighted by atomic mass is 16.1. The van der Waals surface area contributed by atoms with E-state index >= 15 is 0 Å². The third-order valence-corrected chi connectivity index (χ3v) is 4.36. The normalized spacial score (nSPS) is 24.6. The van der Waals surface area contributed by atoms with Gasteiger partial charge in [0.15, 0.2) is 5.78 Å². The van der Waals surface area contributed by atoms with Crippen LogP contribution in [-0.4, -0.2) is 29.8 Å². The molecule has 2 nitrogen and oxygen atoms in total. The van der Waals surface area contributed by atoms with Crippen LogP contribution in [-0.2, 0) is 4.79 Å². The quantitative estimate of drug-likeness (QED) is 0.740. The topological polar surface area (TPSA) is 20.3 Å². The van der Waals surface area contributed by atoms with E-state index in [-0.39, 0.29) is 6.04 Å². The van der Waals surface area contributed by atoms with E-state index in [0.29, 0.717) is 5.78 Å². The minimum atomic E-state index is 0.196. The highest BCUT2D eigenvalue weighted by molar-refractivity contribution is 6.01. The Morgan fingerprint density at radius 3 is 2.39 bits per heavy atom. The van der Waals surface area contributed by atoms with E-state index in [1.54, 1.807) is 0 Å². The molecule has 0 bridgehead atoms. The van der Waals surface area contributed by atoms with Gasteiger partial charge in [0.05, 0.1) is 6.04 Å². The summed E-state index contributed by atoms with van der Waals surface area (Å²) in [6.45, 7) is 6.57. The first-order valence-electron chi connectivity index (χ1n) is 7.77. The summed E-state index contributed by atoms with van der Waals surface area (Å²) in [6, 6.07) is 0.196. The van der Waals surface area contributed by atoms with Crippen molar-refractivity contribution in [3.8, 4) is 0 Å². The van der Waals surface area contributed by atoms with Gasteiger partial charge in [-0.05, 0) is 70.0 Å². The van der Waals surface area contributed by atoms with Crippen LogP contribution in [0.1, 0.15) is 65.2 Å². The van der Waals surface area contributed by atoms with E-state index in [9.17, 15) is 4.79 Å². The third-order valence-electron chi connectivity index (χ3n) is 4.36. The molecule has 0 radical (unpaired) electrons. The molecule has 2 rings (SSSR count).